The van der Waals surface area contributed by atoms with E-state index in [1.54, 1.807) is 6.33 Å². The van der Waals surface area contributed by atoms with Gasteiger partial charge in [0.25, 0.3) is 0 Å². The van der Waals surface area contributed by atoms with Crippen LogP contribution in [0, 0.1) is 5.92 Å². The summed E-state index contributed by atoms with van der Waals surface area (Å²) < 4.78 is 2.00. The van der Waals surface area contributed by atoms with Crippen molar-refractivity contribution in [3.05, 3.63) is 12.2 Å². The maximum absolute atomic E-state index is 4.29. The zero-order valence-electron chi connectivity index (χ0n) is 10.8. The van der Waals surface area contributed by atoms with Crippen molar-refractivity contribution in [3.8, 4) is 0 Å². The van der Waals surface area contributed by atoms with Crippen LogP contribution in [0.15, 0.2) is 6.33 Å². The topological polar surface area (TPSA) is 42.7 Å². The first-order valence-electron chi connectivity index (χ1n) is 6.37. The van der Waals surface area contributed by atoms with Gasteiger partial charge in [-0.05, 0) is 25.3 Å². The maximum atomic E-state index is 4.29. The van der Waals surface area contributed by atoms with Crippen molar-refractivity contribution in [2.45, 2.75) is 46.2 Å². The number of aromatic nitrogens is 3. The third-order valence-corrected chi connectivity index (χ3v) is 3.06. The van der Waals surface area contributed by atoms with E-state index in [1.165, 1.54) is 19.3 Å². The quantitative estimate of drug-likeness (QED) is 0.563. The molecule has 0 aliphatic heterocycles. The molecule has 0 aliphatic carbocycles. The zero-order chi connectivity index (χ0) is 12.5. The highest BCUT2D eigenvalue weighted by atomic mass is 79.9. The van der Waals surface area contributed by atoms with Gasteiger partial charge in [0.1, 0.15) is 12.2 Å². The van der Waals surface area contributed by atoms with Crippen molar-refractivity contribution in [1.29, 1.82) is 0 Å². The highest BCUT2D eigenvalue weighted by Crippen LogP contribution is 2.01. The summed E-state index contributed by atoms with van der Waals surface area (Å²) in [6, 6.07) is 0. The highest BCUT2D eigenvalue weighted by Gasteiger charge is 2.05. The number of rotatable bonds is 9. The molecule has 0 spiro atoms. The number of unbranched alkanes of at least 4 members (excludes halogenated alkanes) is 2. The van der Waals surface area contributed by atoms with Gasteiger partial charge in [-0.3, -0.25) is 0 Å². The van der Waals surface area contributed by atoms with Crippen molar-refractivity contribution in [2.75, 3.05) is 11.9 Å². The van der Waals surface area contributed by atoms with Gasteiger partial charge in [0, 0.05) is 11.9 Å². The van der Waals surface area contributed by atoms with Crippen LogP contribution in [-0.2, 0) is 13.1 Å². The molecule has 5 heteroatoms. The fourth-order valence-electron chi connectivity index (χ4n) is 1.64. The Morgan fingerprint density at radius 3 is 2.88 bits per heavy atom. The average Bonchev–Trinajstić information content (AvgIpc) is 2.70. The number of nitrogens with one attached hydrogen (secondary N) is 1. The minimum Gasteiger partial charge on any atom is -0.310 e. The van der Waals surface area contributed by atoms with Crippen LogP contribution in [0.25, 0.3) is 0 Å². The Morgan fingerprint density at radius 1 is 1.35 bits per heavy atom. The molecule has 1 rings (SSSR count). The maximum Gasteiger partial charge on any atom is 0.140 e. The molecule has 0 radical (unpaired) electrons. The summed E-state index contributed by atoms with van der Waals surface area (Å²) in [4.78, 5) is 4.29. The summed E-state index contributed by atoms with van der Waals surface area (Å²) in [5.41, 5.74) is 0. The lowest BCUT2D eigenvalue weighted by molar-refractivity contribution is 0.456. The van der Waals surface area contributed by atoms with Crippen LogP contribution in [0.4, 0.5) is 0 Å². The molecule has 98 valence electrons. The van der Waals surface area contributed by atoms with Crippen molar-refractivity contribution >= 4 is 15.9 Å². The number of alkyl halides is 1. The van der Waals surface area contributed by atoms with E-state index in [0.717, 1.165) is 30.8 Å². The Hall–Kier alpha value is -0.420. The largest absolute Gasteiger partial charge is 0.310 e. The molecule has 0 amide bonds. The van der Waals surface area contributed by atoms with E-state index in [9.17, 15) is 0 Å². The first kappa shape index (κ1) is 14.6. The van der Waals surface area contributed by atoms with Gasteiger partial charge in [0.2, 0.25) is 0 Å². The second-order valence-corrected chi connectivity index (χ2v) is 5.47. The molecule has 17 heavy (non-hydrogen) atoms. The van der Waals surface area contributed by atoms with Gasteiger partial charge < -0.3 is 5.32 Å². The third-order valence-electron chi connectivity index (χ3n) is 2.50. The predicted molar refractivity (Wildman–Crippen MR) is 74.2 cm³/mol. The Balaban J connectivity index is 2.20. The molecule has 0 fully saturated rings. The molecule has 0 saturated heterocycles. The monoisotopic (exact) mass is 302 g/mol. The summed E-state index contributed by atoms with van der Waals surface area (Å²) in [6.07, 6.45) is 5.40. The molecule has 0 saturated carbocycles. The van der Waals surface area contributed by atoms with Crippen LogP contribution < -0.4 is 5.32 Å². The zero-order valence-corrected chi connectivity index (χ0v) is 12.4. The molecule has 0 atom stereocenters. The lowest BCUT2D eigenvalue weighted by atomic mass is 10.2. The first-order valence-corrected chi connectivity index (χ1v) is 7.49. The summed E-state index contributed by atoms with van der Waals surface area (Å²) in [7, 11) is 0. The Bertz CT molecular complexity index is 298. The van der Waals surface area contributed by atoms with Gasteiger partial charge in [-0.25, -0.2) is 9.67 Å². The second-order valence-electron chi connectivity index (χ2n) is 4.68. The fraction of sp³-hybridized carbons (Fsp3) is 0.833. The lowest BCUT2D eigenvalue weighted by Gasteiger charge is -2.09. The number of halogens is 1. The fourth-order valence-corrected chi connectivity index (χ4v) is 2.04. The van der Waals surface area contributed by atoms with E-state index in [-0.39, 0.29) is 0 Å². The first-order chi connectivity index (χ1) is 8.24. The van der Waals surface area contributed by atoms with E-state index < -0.39 is 0 Å². The van der Waals surface area contributed by atoms with E-state index in [2.05, 4.69) is 45.2 Å². The molecule has 0 unspecified atom stereocenters. The smallest absolute Gasteiger partial charge is 0.140 e. The SMILES string of the molecule is CC(C)Cn1ncnc1CNCCCCCBr. The molecule has 1 N–H and O–H groups in total. The van der Waals surface area contributed by atoms with Gasteiger partial charge in [-0.1, -0.05) is 36.2 Å². The number of nitrogens with zero attached hydrogens (tertiary/aromatic N) is 3. The van der Waals surface area contributed by atoms with Gasteiger partial charge in [-0.2, -0.15) is 5.10 Å². The third kappa shape index (κ3) is 6.17. The molecular formula is C12H23BrN4. The molecule has 4 nitrogen and oxygen atoms in total. The normalized spacial score (nSPS) is 11.3. The van der Waals surface area contributed by atoms with Gasteiger partial charge >= 0.3 is 0 Å². The molecule has 1 aromatic rings. The minimum absolute atomic E-state index is 0.606. The Kier molecular flexibility index (Phi) is 7.44. The predicted octanol–water partition coefficient (Wildman–Crippen LogP) is 2.59. The van der Waals surface area contributed by atoms with Crippen LogP contribution in [0.2, 0.25) is 0 Å². The van der Waals surface area contributed by atoms with Crippen LogP contribution in [0.5, 0.6) is 0 Å². The number of hydrogen-bond acceptors (Lipinski definition) is 3. The van der Waals surface area contributed by atoms with E-state index >= 15 is 0 Å². The van der Waals surface area contributed by atoms with E-state index in [0.29, 0.717) is 5.92 Å². The average molecular weight is 303 g/mol. The van der Waals surface area contributed by atoms with Crippen LogP contribution >= 0.6 is 15.9 Å². The summed E-state index contributed by atoms with van der Waals surface area (Å²) >= 11 is 3.44. The summed E-state index contributed by atoms with van der Waals surface area (Å²) in [5, 5.41) is 8.77. The Morgan fingerprint density at radius 2 is 2.18 bits per heavy atom. The van der Waals surface area contributed by atoms with Crippen LogP contribution in [-0.4, -0.2) is 26.6 Å². The van der Waals surface area contributed by atoms with Gasteiger partial charge in [0.15, 0.2) is 0 Å². The number of hydrogen-bond donors (Lipinski definition) is 1. The second kappa shape index (κ2) is 8.64. The van der Waals surface area contributed by atoms with Crippen molar-refractivity contribution in [3.63, 3.8) is 0 Å². The van der Waals surface area contributed by atoms with Crippen LogP contribution in [0.3, 0.4) is 0 Å². The van der Waals surface area contributed by atoms with Gasteiger partial charge in [0.05, 0.1) is 6.54 Å². The van der Waals surface area contributed by atoms with E-state index in [4.69, 9.17) is 0 Å². The van der Waals surface area contributed by atoms with Gasteiger partial charge in [-0.15, -0.1) is 0 Å². The highest BCUT2D eigenvalue weighted by molar-refractivity contribution is 9.09. The molecule has 0 bridgehead atoms. The van der Waals surface area contributed by atoms with E-state index in [1.807, 2.05) is 4.68 Å². The molecule has 1 aromatic heterocycles. The lowest BCUT2D eigenvalue weighted by Crippen LogP contribution is -2.20. The molecule has 1 heterocycles. The van der Waals surface area contributed by atoms with Crippen LogP contribution in [0.1, 0.15) is 38.9 Å². The Labute approximate surface area is 112 Å². The molecule has 0 aliphatic rings. The summed E-state index contributed by atoms with van der Waals surface area (Å²) in [5.74, 6) is 1.65. The van der Waals surface area contributed by atoms with Crippen molar-refractivity contribution < 1.29 is 0 Å². The van der Waals surface area contributed by atoms with Crippen molar-refractivity contribution in [1.82, 2.24) is 20.1 Å². The minimum atomic E-state index is 0.606. The van der Waals surface area contributed by atoms with Crippen molar-refractivity contribution in [2.24, 2.45) is 5.92 Å². The molecular weight excluding hydrogens is 280 g/mol. The summed E-state index contributed by atoms with van der Waals surface area (Å²) in [6.45, 7) is 7.21. The standard InChI is InChI=1S/C12H23BrN4/c1-11(2)9-17-12(15-10-16-17)8-14-7-5-3-4-6-13/h10-11,14H,3-9H2,1-2H3. The molecule has 0 aromatic carbocycles.